The van der Waals surface area contributed by atoms with Crippen molar-refractivity contribution in [2.24, 2.45) is 0 Å². The second kappa shape index (κ2) is 3.67. The summed E-state index contributed by atoms with van der Waals surface area (Å²) in [5, 5.41) is 8.89. The lowest BCUT2D eigenvalue weighted by Gasteiger charge is -2.10. The zero-order valence-corrected chi connectivity index (χ0v) is 7.88. The number of aliphatic hydroxyl groups excluding tert-OH is 1. The number of fused-ring (bicyclic) bond motifs is 1. The fourth-order valence-electron chi connectivity index (χ4n) is 1.37. The van der Waals surface area contributed by atoms with Gasteiger partial charge in [-0.3, -0.25) is 0 Å². The highest BCUT2D eigenvalue weighted by Crippen LogP contribution is 2.30. The topological polar surface area (TPSA) is 58.1 Å². The summed E-state index contributed by atoms with van der Waals surface area (Å²) in [5.41, 5.74) is 0.774. The Bertz CT molecular complexity index is 507. The van der Waals surface area contributed by atoms with Gasteiger partial charge in [-0.25, -0.2) is 4.98 Å². The zero-order valence-electron chi connectivity index (χ0n) is 7.88. The molecule has 0 spiro atoms. The molecule has 0 fully saturated rings. The molecular formula is C9H7F3N2O2. The second-order valence-corrected chi connectivity index (χ2v) is 3.10. The quantitative estimate of drug-likeness (QED) is 0.832. The highest BCUT2D eigenvalue weighted by Gasteiger charge is 2.32. The van der Waals surface area contributed by atoms with Crippen LogP contribution >= 0.6 is 0 Å². The van der Waals surface area contributed by atoms with E-state index < -0.39 is 12.1 Å². The van der Waals surface area contributed by atoms with E-state index in [-0.39, 0.29) is 12.1 Å². The molecule has 86 valence electrons. The molecule has 2 aromatic rings. The van der Waals surface area contributed by atoms with E-state index in [2.05, 4.69) is 14.7 Å². The Morgan fingerprint density at radius 2 is 2.12 bits per heavy atom. The van der Waals surface area contributed by atoms with Crippen molar-refractivity contribution in [3.05, 3.63) is 24.0 Å². The fourth-order valence-corrected chi connectivity index (χ4v) is 1.37. The first-order valence-electron chi connectivity index (χ1n) is 4.32. The van der Waals surface area contributed by atoms with Gasteiger partial charge in [-0.05, 0) is 17.7 Å². The van der Waals surface area contributed by atoms with Gasteiger partial charge in [-0.2, -0.15) is 0 Å². The van der Waals surface area contributed by atoms with Crippen LogP contribution in [0.2, 0.25) is 0 Å². The Morgan fingerprint density at radius 1 is 1.38 bits per heavy atom. The highest BCUT2D eigenvalue weighted by atomic mass is 19.4. The normalized spacial score (nSPS) is 12.0. The molecule has 1 aromatic carbocycles. The second-order valence-electron chi connectivity index (χ2n) is 3.10. The minimum atomic E-state index is -4.78. The third-order valence-electron chi connectivity index (χ3n) is 1.96. The van der Waals surface area contributed by atoms with Gasteiger partial charge < -0.3 is 14.8 Å². The van der Waals surface area contributed by atoms with E-state index in [1.165, 1.54) is 12.4 Å². The molecular weight excluding hydrogens is 225 g/mol. The Morgan fingerprint density at radius 3 is 2.75 bits per heavy atom. The lowest BCUT2D eigenvalue weighted by Crippen LogP contribution is -2.17. The maximum atomic E-state index is 12.1. The van der Waals surface area contributed by atoms with Crippen LogP contribution < -0.4 is 4.74 Å². The standard InChI is InChI=1S/C9H7F3N2O2/c10-9(11,12)16-7-2-5(3-15)1-6-8(7)14-4-13-6/h1-2,4,15H,3H2,(H,13,14). The summed E-state index contributed by atoms with van der Waals surface area (Å²) in [6.07, 6.45) is -3.52. The number of aromatic nitrogens is 2. The number of aromatic amines is 1. The molecule has 7 heteroatoms. The number of alkyl halides is 3. The number of imidazole rings is 1. The van der Waals surface area contributed by atoms with Crippen LogP contribution in [0, 0.1) is 0 Å². The Kier molecular flexibility index (Phi) is 2.47. The van der Waals surface area contributed by atoms with Crippen molar-refractivity contribution in [2.45, 2.75) is 13.0 Å². The molecule has 2 N–H and O–H groups in total. The van der Waals surface area contributed by atoms with Crippen molar-refractivity contribution in [3.8, 4) is 5.75 Å². The first kappa shape index (κ1) is 10.7. The van der Waals surface area contributed by atoms with Gasteiger partial charge >= 0.3 is 6.36 Å². The van der Waals surface area contributed by atoms with Crippen molar-refractivity contribution in [2.75, 3.05) is 0 Å². The van der Waals surface area contributed by atoms with E-state index in [1.54, 1.807) is 0 Å². The van der Waals surface area contributed by atoms with Gasteiger partial charge in [0.15, 0.2) is 5.75 Å². The molecule has 0 bridgehead atoms. The van der Waals surface area contributed by atoms with E-state index in [9.17, 15) is 13.2 Å². The number of nitrogens with zero attached hydrogens (tertiary/aromatic N) is 1. The average molecular weight is 232 g/mol. The molecule has 0 radical (unpaired) electrons. The molecule has 0 atom stereocenters. The lowest BCUT2D eigenvalue weighted by molar-refractivity contribution is -0.274. The SMILES string of the molecule is OCc1cc(OC(F)(F)F)c2nc[nH]c2c1. The van der Waals surface area contributed by atoms with Crippen LogP contribution in [0.3, 0.4) is 0 Å². The first-order chi connectivity index (χ1) is 7.49. The third-order valence-corrected chi connectivity index (χ3v) is 1.96. The number of hydrogen-bond donors (Lipinski definition) is 2. The smallest absolute Gasteiger partial charge is 0.403 e. The van der Waals surface area contributed by atoms with Gasteiger partial charge in [0.25, 0.3) is 0 Å². The third kappa shape index (κ3) is 2.08. The number of hydrogen-bond acceptors (Lipinski definition) is 3. The van der Waals surface area contributed by atoms with Crippen molar-refractivity contribution in [3.63, 3.8) is 0 Å². The van der Waals surface area contributed by atoms with Crippen LogP contribution in [0.5, 0.6) is 5.75 Å². The molecule has 0 aliphatic heterocycles. The van der Waals surface area contributed by atoms with Crippen LogP contribution in [-0.4, -0.2) is 21.4 Å². The molecule has 0 amide bonds. The number of H-pyrrole nitrogens is 1. The summed E-state index contributed by atoms with van der Waals surface area (Å²) < 4.78 is 40.1. The number of benzene rings is 1. The van der Waals surface area contributed by atoms with Gasteiger partial charge in [-0.15, -0.1) is 13.2 Å². The van der Waals surface area contributed by atoms with Gasteiger partial charge in [0.05, 0.1) is 18.5 Å². The summed E-state index contributed by atoms with van der Waals surface area (Å²) in [6, 6.07) is 2.61. The van der Waals surface area contributed by atoms with Crippen molar-refractivity contribution < 1.29 is 23.0 Å². The molecule has 0 saturated heterocycles. The first-order valence-corrected chi connectivity index (χ1v) is 4.32. The van der Waals surface area contributed by atoms with Crippen LogP contribution in [-0.2, 0) is 6.61 Å². The lowest BCUT2D eigenvalue weighted by atomic mass is 10.2. The van der Waals surface area contributed by atoms with Crippen LogP contribution in [0.4, 0.5) is 13.2 Å². The van der Waals surface area contributed by atoms with Crippen molar-refractivity contribution in [1.82, 2.24) is 9.97 Å². The van der Waals surface area contributed by atoms with E-state index in [4.69, 9.17) is 5.11 Å². The molecule has 1 aromatic heterocycles. The molecule has 0 aliphatic rings. The summed E-state index contributed by atoms with van der Waals surface area (Å²) in [7, 11) is 0. The highest BCUT2D eigenvalue weighted by molar-refractivity contribution is 5.82. The van der Waals surface area contributed by atoms with Crippen LogP contribution in [0.1, 0.15) is 5.56 Å². The maximum Gasteiger partial charge on any atom is 0.573 e. The van der Waals surface area contributed by atoms with Gasteiger partial charge in [0.1, 0.15) is 5.52 Å². The Balaban J connectivity index is 2.52. The number of rotatable bonds is 2. The van der Waals surface area contributed by atoms with Crippen molar-refractivity contribution >= 4 is 11.0 Å². The fraction of sp³-hybridized carbons (Fsp3) is 0.222. The van der Waals surface area contributed by atoms with Crippen LogP contribution in [0.15, 0.2) is 18.5 Å². The largest absolute Gasteiger partial charge is 0.573 e. The Labute approximate surface area is 87.7 Å². The van der Waals surface area contributed by atoms with Gasteiger partial charge in [0.2, 0.25) is 0 Å². The predicted octanol–water partition coefficient (Wildman–Crippen LogP) is 1.95. The Hall–Kier alpha value is -1.76. The number of nitrogens with one attached hydrogen (secondary N) is 1. The van der Waals surface area contributed by atoms with E-state index in [0.29, 0.717) is 11.1 Å². The molecule has 0 saturated carbocycles. The van der Waals surface area contributed by atoms with Crippen molar-refractivity contribution in [1.29, 1.82) is 0 Å². The molecule has 0 aliphatic carbocycles. The zero-order chi connectivity index (χ0) is 11.8. The summed E-state index contributed by atoms with van der Waals surface area (Å²) in [5.74, 6) is -0.421. The molecule has 0 unspecified atom stereocenters. The summed E-state index contributed by atoms with van der Waals surface area (Å²) in [4.78, 5) is 6.37. The minimum absolute atomic E-state index is 0.0783. The van der Waals surface area contributed by atoms with Gasteiger partial charge in [0, 0.05) is 0 Å². The maximum absolute atomic E-state index is 12.1. The number of aliphatic hydroxyl groups is 1. The molecule has 4 nitrogen and oxygen atoms in total. The molecule has 16 heavy (non-hydrogen) atoms. The summed E-state index contributed by atoms with van der Waals surface area (Å²) in [6.45, 7) is -0.372. The van der Waals surface area contributed by atoms with Crippen LogP contribution in [0.25, 0.3) is 11.0 Å². The molecule has 2 rings (SSSR count). The van der Waals surface area contributed by atoms with E-state index >= 15 is 0 Å². The monoisotopic (exact) mass is 232 g/mol. The average Bonchev–Trinajstić information content (AvgIpc) is 2.63. The van der Waals surface area contributed by atoms with E-state index in [1.807, 2.05) is 0 Å². The summed E-state index contributed by atoms with van der Waals surface area (Å²) >= 11 is 0. The number of ether oxygens (including phenoxy) is 1. The minimum Gasteiger partial charge on any atom is -0.403 e. The predicted molar refractivity (Wildman–Crippen MR) is 48.7 cm³/mol. The molecule has 1 heterocycles. The number of halogens is 3. The van der Waals surface area contributed by atoms with E-state index in [0.717, 1.165) is 6.07 Å². The van der Waals surface area contributed by atoms with Gasteiger partial charge in [-0.1, -0.05) is 0 Å².